The Bertz CT molecular complexity index is 119. The minimum Gasteiger partial charge on any atom is -0.303 e. The Balaban J connectivity index is 3.05. The maximum atomic E-state index is 9.80. The van der Waals surface area contributed by atoms with Crippen molar-refractivity contribution in [2.45, 2.75) is 12.8 Å². The summed E-state index contributed by atoms with van der Waals surface area (Å²) in [4.78, 5) is 9.59. The van der Waals surface area contributed by atoms with E-state index in [1.807, 2.05) is 0 Å². The first-order valence-electron chi connectivity index (χ1n) is 2.33. The average Bonchev–Trinajstić information content (AvgIpc) is 1.66. The Morgan fingerprint density at radius 3 is 2.38 bits per heavy atom. The van der Waals surface area contributed by atoms with E-state index in [9.17, 15) is 13.9 Å². The Morgan fingerprint density at radius 1 is 1.38 bits per heavy atom. The molecule has 4 heteroatoms. The highest BCUT2D eigenvalue weighted by atomic mass is 31.1. The van der Waals surface area contributed by atoms with Crippen LogP contribution in [0.5, 0.6) is 0 Å². The highest BCUT2D eigenvalue weighted by molar-refractivity contribution is 7.30. The quantitative estimate of drug-likeness (QED) is 0.329. The molecule has 0 rings (SSSR count). The zero-order chi connectivity index (χ0) is 6.41. The Morgan fingerprint density at radius 2 is 2.00 bits per heavy atom. The maximum absolute atomic E-state index is 9.80. The average molecular weight is 134 g/mol. The summed E-state index contributed by atoms with van der Waals surface area (Å²) in [7, 11) is -2.27. The van der Waals surface area contributed by atoms with Gasteiger partial charge in [0.1, 0.15) is 6.29 Å². The van der Waals surface area contributed by atoms with Crippen molar-refractivity contribution in [3.8, 4) is 0 Å². The van der Waals surface area contributed by atoms with E-state index in [2.05, 4.69) is 0 Å². The third-order valence-corrected chi connectivity index (χ3v) is 1.34. The third-order valence-electron chi connectivity index (χ3n) is 0.663. The minimum absolute atomic E-state index is 0.133. The Labute approximate surface area is 47.9 Å². The smallest absolute Gasteiger partial charge is 0.303 e. The van der Waals surface area contributed by atoms with Gasteiger partial charge >= 0.3 is 7.68 Å². The molecule has 0 aliphatic rings. The summed E-state index contributed by atoms with van der Waals surface area (Å²) < 4.78 is 19.6. The highest BCUT2D eigenvalue weighted by Crippen LogP contribution is 2.04. The van der Waals surface area contributed by atoms with Crippen molar-refractivity contribution in [1.82, 2.24) is 0 Å². The van der Waals surface area contributed by atoms with Crippen LogP contribution in [0.1, 0.15) is 12.8 Å². The lowest BCUT2D eigenvalue weighted by atomic mass is 10.4. The number of unbranched alkanes of at least 4 members (excludes halogenated alkanes) is 1. The second kappa shape index (κ2) is 4.72. The van der Waals surface area contributed by atoms with E-state index < -0.39 is 7.68 Å². The van der Waals surface area contributed by atoms with Crippen LogP contribution in [0, 0.1) is 0 Å². The van der Waals surface area contributed by atoms with Gasteiger partial charge in [-0.2, -0.15) is 0 Å². The van der Waals surface area contributed by atoms with E-state index in [1.54, 1.807) is 0 Å². The number of carbonyl (C=O) groups is 1. The van der Waals surface area contributed by atoms with E-state index >= 15 is 0 Å². The lowest BCUT2D eigenvalue weighted by Gasteiger charge is -1.78. The predicted molar refractivity (Wildman–Crippen MR) is 28.5 cm³/mol. The monoisotopic (exact) mass is 134 g/mol. The van der Waals surface area contributed by atoms with E-state index in [1.165, 1.54) is 0 Å². The molecule has 0 saturated carbocycles. The summed E-state index contributed by atoms with van der Waals surface area (Å²) in [5.41, 5.74) is 0. The van der Waals surface area contributed by atoms with Crippen LogP contribution in [0.25, 0.3) is 0 Å². The zero-order valence-corrected chi connectivity index (χ0v) is 5.27. The van der Waals surface area contributed by atoms with E-state index in [4.69, 9.17) is 0 Å². The van der Waals surface area contributed by atoms with Crippen LogP contribution in [-0.2, 0) is 13.9 Å². The maximum Gasteiger partial charge on any atom is 0.315 e. The number of hydrogen-bond donors (Lipinski definition) is 0. The van der Waals surface area contributed by atoms with Crippen molar-refractivity contribution in [2.24, 2.45) is 0 Å². The van der Waals surface area contributed by atoms with E-state index in [0.717, 1.165) is 6.29 Å². The zero-order valence-electron chi connectivity index (χ0n) is 4.37. The fourth-order valence-corrected chi connectivity index (χ4v) is 0.744. The van der Waals surface area contributed by atoms with Gasteiger partial charge in [-0.15, -0.1) is 0 Å². The number of hydrogen-bond acceptors (Lipinski definition) is 3. The van der Waals surface area contributed by atoms with Gasteiger partial charge < -0.3 is 4.79 Å². The normalized spacial score (nSPS) is 8.50. The summed E-state index contributed by atoms with van der Waals surface area (Å²) in [5, 5.41) is 0. The Hall–Kier alpha value is -0.430. The fraction of sp³-hybridized carbons (Fsp3) is 0.750. The van der Waals surface area contributed by atoms with Gasteiger partial charge in [0.2, 0.25) is 0 Å². The Kier molecular flexibility index (Phi) is 4.47. The number of aldehydes is 1. The van der Waals surface area contributed by atoms with Crippen LogP contribution < -0.4 is 0 Å². The molecule has 3 nitrogen and oxygen atoms in total. The van der Waals surface area contributed by atoms with Gasteiger partial charge in [0, 0.05) is 6.42 Å². The molecule has 0 aromatic heterocycles. The number of carbonyl (C=O) groups excluding carboxylic acids is 1. The molecule has 0 spiro atoms. The van der Waals surface area contributed by atoms with Gasteiger partial charge in [0.05, 0.1) is 6.16 Å². The molecule has 0 bridgehead atoms. The molecule has 46 valence electrons. The van der Waals surface area contributed by atoms with Crippen LogP contribution in [0.3, 0.4) is 0 Å². The minimum atomic E-state index is -2.27. The number of rotatable bonds is 4. The SMILES string of the molecule is O=CCCCP(=O)=O. The highest BCUT2D eigenvalue weighted by Gasteiger charge is 1.89. The molecule has 0 radical (unpaired) electrons. The molecule has 0 fully saturated rings. The largest absolute Gasteiger partial charge is 0.315 e. The van der Waals surface area contributed by atoms with Crippen LogP contribution >= 0.6 is 7.68 Å². The molecule has 0 amide bonds. The topological polar surface area (TPSA) is 51.2 Å². The van der Waals surface area contributed by atoms with Gasteiger partial charge in [0.15, 0.2) is 0 Å². The van der Waals surface area contributed by atoms with Crippen LogP contribution in [0.2, 0.25) is 0 Å². The summed E-state index contributed by atoms with van der Waals surface area (Å²) in [5.74, 6) is 0. The molecular formula is C4H7O3P. The first kappa shape index (κ1) is 7.57. The van der Waals surface area contributed by atoms with Gasteiger partial charge in [-0.3, -0.25) is 0 Å². The first-order chi connectivity index (χ1) is 3.77. The van der Waals surface area contributed by atoms with Crippen molar-refractivity contribution < 1.29 is 13.9 Å². The van der Waals surface area contributed by atoms with Gasteiger partial charge in [-0.05, 0) is 6.42 Å². The molecule has 0 aliphatic heterocycles. The summed E-state index contributed by atoms with van der Waals surface area (Å²) in [6.07, 6.45) is 1.67. The van der Waals surface area contributed by atoms with Crippen molar-refractivity contribution >= 4 is 14.0 Å². The van der Waals surface area contributed by atoms with Gasteiger partial charge in [-0.25, -0.2) is 9.13 Å². The van der Waals surface area contributed by atoms with Crippen LogP contribution in [0.4, 0.5) is 0 Å². The van der Waals surface area contributed by atoms with Crippen LogP contribution in [-0.4, -0.2) is 12.4 Å². The van der Waals surface area contributed by atoms with Gasteiger partial charge in [-0.1, -0.05) is 0 Å². The molecule has 0 heterocycles. The van der Waals surface area contributed by atoms with Crippen molar-refractivity contribution in [2.75, 3.05) is 6.16 Å². The molecule has 0 atom stereocenters. The fourth-order valence-electron chi connectivity index (χ4n) is 0.304. The molecule has 8 heavy (non-hydrogen) atoms. The second-order valence-corrected chi connectivity index (χ2v) is 2.48. The lowest BCUT2D eigenvalue weighted by Crippen LogP contribution is -1.76. The molecule has 0 N–H and O–H groups in total. The van der Waals surface area contributed by atoms with Crippen molar-refractivity contribution in [3.63, 3.8) is 0 Å². The molecule has 0 saturated heterocycles. The second-order valence-electron chi connectivity index (χ2n) is 1.37. The molecular weight excluding hydrogens is 127 g/mol. The third kappa shape index (κ3) is 5.57. The van der Waals surface area contributed by atoms with Crippen molar-refractivity contribution in [3.05, 3.63) is 0 Å². The molecule has 0 aliphatic carbocycles. The summed E-state index contributed by atoms with van der Waals surface area (Å²) >= 11 is 0. The molecule has 0 aromatic carbocycles. The van der Waals surface area contributed by atoms with E-state index in [-0.39, 0.29) is 6.16 Å². The molecule has 0 aromatic rings. The lowest BCUT2D eigenvalue weighted by molar-refractivity contribution is -0.107. The summed E-state index contributed by atoms with van der Waals surface area (Å²) in [6.45, 7) is 0. The summed E-state index contributed by atoms with van der Waals surface area (Å²) in [6, 6.07) is 0. The van der Waals surface area contributed by atoms with E-state index in [0.29, 0.717) is 12.8 Å². The van der Waals surface area contributed by atoms with Gasteiger partial charge in [0.25, 0.3) is 0 Å². The van der Waals surface area contributed by atoms with Crippen molar-refractivity contribution in [1.29, 1.82) is 0 Å². The van der Waals surface area contributed by atoms with Crippen LogP contribution in [0.15, 0.2) is 0 Å². The molecule has 0 unspecified atom stereocenters. The first-order valence-corrected chi connectivity index (χ1v) is 3.69. The standard InChI is InChI=1S/C4H7O3P/c5-3-1-2-4-8(6)7/h3H,1-2,4H2. The predicted octanol–water partition coefficient (Wildman–Crippen LogP) is 1.14.